The Morgan fingerprint density at radius 1 is 0.967 bits per heavy atom. The summed E-state index contributed by atoms with van der Waals surface area (Å²) in [5, 5.41) is 2.34. The van der Waals surface area contributed by atoms with Crippen LogP contribution in [-0.2, 0) is 16.6 Å². The summed E-state index contributed by atoms with van der Waals surface area (Å²) in [5.74, 6) is 0.415. The van der Waals surface area contributed by atoms with E-state index in [4.69, 9.17) is 0 Å². The second-order valence-electron chi connectivity index (χ2n) is 8.57. The smallest absolute Gasteiger partial charge is 0.250 e. The number of sulfonamides is 1. The Kier molecular flexibility index (Phi) is 4.79. The molecule has 0 amide bonds. The minimum Gasteiger partial charge on any atom is -0.311 e. The van der Waals surface area contributed by atoms with Gasteiger partial charge in [0.2, 0.25) is 10.0 Å². The third-order valence-electron chi connectivity index (χ3n) is 6.47. The Morgan fingerprint density at radius 2 is 1.77 bits per heavy atom. The summed E-state index contributed by atoms with van der Waals surface area (Å²) in [4.78, 5) is 12.7. The Hall–Kier alpha value is -2.44. The average Bonchev–Trinajstić information content (AvgIpc) is 2.74. The van der Waals surface area contributed by atoms with Crippen LogP contribution in [0, 0.1) is 5.92 Å². The topological polar surface area (TPSA) is 59.4 Å². The normalized spacial score (nSPS) is 21.5. The number of rotatable bonds is 4. The molecule has 156 valence electrons. The molecule has 3 heterocycles. The number of aromatic nitrogens is 1. The van der Waals surface area contributed by atoms with E-state index in [1.165, 1.54) is 5.39 Å². The van der Waals surface area contributed by atoms with E-state index in [1.54, 1.807) is 10.4 Å². The molecule has 0 radical (unpaired) electrons. The van der Waals surface area contributed by atoms with E-state index in [1.807, 2.05) is 29.7 Å². The van der Waals surface area contributed by atoms with Crippen molar-refractivity contribution in [1.29, 1.82) is 0 Å². The number of piperidine rings is 1. The Balaban J connectivity index is 1.62. The van der Waals surface area contributed by atoms with E-state index in [9.17, 15) is 13.2 Å². The van der Waals surface area contributed by atoms with Crippen molar-refractivity contribution in [3.8, 4) is 11.1 Å². The van der Waals surface area contributed by atoms with Crippen molar-refractivity contribution in [3.63, 3.8) is 0 Å². The molecule has 2 aromatic carbocycles. The quantitative estimate of drug-likeness (QED) is 0.642. The van der Waals surface area contributed by atoms with Crippen molar-refractivity contribution in [2.45, 2.75) is 32.2 Å². The van der Waals surface area contributed by atoms with Gasteiger partial charge in [-0.25, -0.2) is 12.7 Å². The van der Waals surface area contributed by atoms with E-state index >= 15 is 0 Å². The van der Waals surface area contributed by atoms with E-state index in [2.05, 4.69) is 30.3 Å². The fourth-order valence-corrected chi connectivity index (χ4v) is 6.81. The Labute approximate surface area is 177 Å². The molecule has 0 spiro atoms. The van der Waals surface area contributed by atoms with Crippen molar-refractivity contribution in [3.05, 3.63) is 70.6 Å². The summed E-state index contributed by atoms with van der Waals surface area (Å²) in [5.41, 5.74) is 3.11. The van der Waals surface area contributed by atoms with Gasteiger partial charge in [-0.15, -0.1) is 0 Å². The van der Waals surface area contributed by atoms with E-state index in [0.29, 0.717) is 26.1 Å². The van der Waals surface area contributed by atoms with Gasteiger partial charge in [-0.3, -0.25) is 4.79 Å². The van der Waals surface area contributed by atoms with Gasteiger partial charge in [0.05, 0.1) is 5.75 Å². The van der Waals surface area contributed by atoms with Gasteiger partial charge < -0.3 is 4.57 Å². The zero-order valence-electron chi connectivity index (χ0n) is 17.1. The van der Waals surface area contributed by atoms with Crippen LogP contribution in [0.2, 0.25) is 0 Å². The lowest BCUT2D eigenvalue weighted by Crippen LogP contribution is -2.49. The third-order valence-corrected chi connectivity index (χ3v) is 8.48. The van der Waals surface area contributed by atoms with Crippen molar-refractivity contribution in [2.75, 3.05) is 18.8 Å². The van der Waals surface area contributed by atoms with E-state index in [0.717, 1.165) is 28.6 Å². The summed E-state index contributed by atoms with van der Waals surface area (Å²) >= 11 is 0. The van der Waals surface area contributed by atoms with Crippen LogP contribution in [0.5, 0.6) is 0 Å². The maximum atomic E-state index is 12.8. The molecular formula is C24H26N2O3S. The molecule has 2 bridgehead atoms. The second kappa shape index (κ2) is 7.36. The highest BCUT2D eigenvalue weighted by Gasteiger charge is 2.39. The van der Waals surface area contributed by atoms with Crippen LogP contribution < -0.4 is 5.56 Å². The lowest BCUT2D eigenvalue weighted by Gasteiger charge is -2.43. The maximum Gasteiger partial charge on any atom is 0.250 e. The molecule has 5 nitrogen and oxygen atoms in total. The van der Waals surface area contributed by atoms with Crippen LogP contribution in [0.1, 0.15) is 31.4 Å². The summed E-state index contributed by atoms with van der Waals surface area (Å²) in [7, 11) is -3.25. The number of fused-ring (bicyclic) bond motifs is 5. The molecule has 2 aliphatic heterocycles. The van der Waals surface area contributed by atoms with Gasteiger partial charge in [0.1, 0.15) is 0 Å². The molecule has 0 aliphatic carbocycles. The molecule has 1 fully saturated rings. The zero-order chi connectivity index (χ0) is 20.9. The first-order valence-electron chi connectivity index (χ1n) is 10.7. The lowest BCUT2D eigenvalue weighted by atomic mass is 9.81. The summed E-state index contributed by atoms with van der Waals surface area (Å²) in [6.07, 6.45) is 1.55. The predicted molar refractivity (Wildman–Crippen MR) is 120 cm³/mol. The molecule has 0 saturated carbocycles. The fourth-order valence-electron chi connectivity index (χ4n) is 5.19. The van der Waals surface area contributed by atoms with Gasteiger partial charge in [-0.05, 0) is 47.2 Å². The Bertz CT molecular complexity index is 1280. The largest absolute Gasteiger partial charge is 0.311 e. The van der Waals surface area contributed by atoms with Crippen molar-refractivity contribution in [2.24, 2.45) is 5.92 Å². The Morgan fingerprint density at radius 3 is 2.57 bits per heavy atom. The third kappa shape index (κ3) is 3.28. The number of hydrogen-bond donors (Lipinski definition) is 0. The lowest BCUT2D eigenvalue weighted by molar-refractivity contribution is 0.187. The van der Waals surface area contributed by atoms with Crippen molar-refractivity contribution < 1.29 is 8.42 Å². The highest BCUT2D eigenvalue weighted by molar-refractivity contribution is 7.89. The molecule has 2 aliphatic rings. The number of hydrogen-bond acceptors (Lipinski definition) is 3. The monoisotopic (exact) mass is 422 g/mol. The van der Waals surface area contributed by atoms with Gasteiger partial charge in [-0.1, -0.05) is 43.3 Å². The first kappa shape index (κ1) is 19.5. The minimum atomic E-state index is -3.25. The van der Waals surface area contributed by atoms with Gasteiger partial charge >= 0.3 is 0 Å². The predicted octanol–water partition coefficient (Wildman–Crippen LogP) is 3.83. The molecule has 1 aromatic heterocycles. The molecule has 6 heteroatoms. The van der Waals surface area contributed by atoms with Crippen LogP contribution in [0.4, 0.5) is 0 Å². The molecular weight excluding hydrogens is 396 g/mol. The molecule has 1 saturated heterocycles. The highest BCUT2D eigenvalue weighted by atomic mass is 32.2. The number of pyridine rings is 1. The summed E-state index contributed by atoms with van der Waals surface area (Å²) in [6, 6.07) is 18.2. The second-order valence-corrected chi connectivity index (χ2v) is 10.7. The molecule has 30 heavy (non-hydrogen) atoms. The highest BCUT2D eigenvalue weighted by Crippen LogP contribution is 2.41. The van der Waals surface area contributed by atoms with Crippen LogP contribution in [-0.4, -0.2) is 36.1 Å². The van der Waals surface area contributed by atoms with Gasteiger partial charge in [-0.2, -0.15) is 0 Å². The number of benzene rings is 2. The standard InChI is InChI=1S/C24H26N2O3S/c1-2-11-30(28,29)25-14-17-12-21(16-25)24-22(9-10-23(27)26(24)15-17)20-8-7-18-5-3-4-6-19(18)13-20/h3-10,13,17,21H,2,11-12,14-16H2,1H3/t17-,21-/m1/s1. The average molecular weight is 423 g/mol. The maximum absolute atomic E-state index is 12.8. The molecule has 0 unspecified atom stereocenters. The molecule has 5 rings (SSSR count). The zero-order valence-corrected chi connectivity index (χ0v) is 17.9. The SMILES string of the molecule is CCCS(=O)(=O)N1C[C@H]2C[C@H](C1)c1c(-c3ccc4ccccc4c3)ccc(=O)n1C2. The minimum absolute atomic E-state index is 0.00843. The van der Waals surface area contributed by atoms with Crippen LogP contribution in [0.25, 0.3) is 21.9 Å². The van der Waals surface area contributed by atoms with Crippen LogP contribution in [0.3, 0.4) is 0 Å². The summed E-state index contributed by atoms with van der Waals surface area (Å²) in [6.45, 7) is 3.47. The first-order valence-corrected chi connectivity index (χ1v) is 12.3. The van der Waals surface area contributed by atoms with Crippen LogP contribution in [0.15, 0.2) is 59.4 Å². The van der Waals surface area contributed by atoms with E-state index in [-0.39, 0.29) is 23.1 Å². The van der Waals surface area contributed by atoms with Gasteiger partial charge in [0.15, 0.2) is 0 Å². The van der Waals surface area contributed by atoms with Crippen LogP contribution >= 0.6 is 0 Å². The first-order chi connectivity index (χ1) is 14.5. The van der Waals surface area contributed by atoms with Gasteiger partial charge in [0, 0.05) is 42.9 Å². The molecule has 3 aromatic rings. The fraction of sp³-hybridized carbons (Fsp3) is 0.375. The molecule has 2 atom stereocenters. The molecule has 0 N–H and O–H groups in total. The van der Waals surface area contributed by atoms with E-state index < -0.39 is 10.0 Å². The van der Waals surface area contributed by atoms with Gasteiger partial charge in [0.25, 0.3) is 5.56 Å². The van der Waals surface area contributed by atoms with Crippen molar-refractivity contribution >= 4 is 20.8 Å². The summed E-state index contributed by atoms with van der Waals surface area (Å²) < 4.78 is 29.1. The number of nitrogens with zero attached hydrogens (tertiary/aromatic N) is 2. The van der Waals surface area contributed by atoms with Crippen molar-refractivity contribution in [1.82, 2.24) is 8.87 Å².